The van der Waals surface area contributed by atoms with E-state index in [9.17, 15) is 4.79 Å². The van der Waals surface area contributed by atoms with Gasteiger partial charge in [0.15, 0.2) is 0 Å². The number of hydrogen-bond acceptors (Lipinski definition) is 5. The average molecular weight is 256 g/mol. The van der Waals surface area contributed by atoms with Gasteiger partial charge in [0.2, 0.25) is 10.1 Å². The molecule has 0 saturated heterocycles. The van der Waals surface area contributed by atoms with Crippen molar-refractivity contribution in [2.24, 2.45) is 5.41 Å². The van der Waals surface area contributed by atoms with Gasteiger partial charge in [0, 0.05) is 13.1 Å². The molecule has 17 heavy (non-hydrogen) atoms. The van der Waals surface area contributed by atoms with E-state index in [1.54, 1.807) is 0 Å². The van der Waals surface area contributed by atoms with Crippen LogP contribution in [0.5, 0.6) is 0 Å². The van der Waals surface area contributed by atoms with Crippen LogP contribution in [0.2, 0.25) is 0 Å². The summed E-state index contributed by atoms with van der Waals surface area (Å²) in [5.41, 5.74) is 0.226. The first-order valence-electron chi connectivity index (χ1n) is 5.78. The van der Waals surface area contributed by atoms with Crippen LogP contribution >= 0.6 is 11.3 Å². The smallest absolute Gasteiger partial charge is 0.282 e. The van der Waals surface area contributed by atoms with Crippen molar-refractivity contribution in [3.63, 3.8) is 0 Å². The molecule has 0 radical (unpaired) electrons. The van der Waals surface area contributed by atoms with Crippen LogP contribution < -0.4 is 10.6 Å². The average Bonchev–Trinajstić information content (AvgIpc) is 2.65. The third-order valence-corrected chi connectivity index (χ3v) is 2.99. The van der Waals surface area contributed by atoms with Gasteiger partial charge < -0.3 is 10.6 Å². The Hall–Kier alpha value is -1.17. The summed E-state index contributed by atoms with van der Waals surface area (Å²) < 4.78 is 0. The van der Waals surface area contributed by atoms with Crippen molar-refractivity contribution >= 4 is 22.4 Å². The molecular formula is C11H20N4OS. The monoisotopic (exact) mass is 256 g/mol. The van der Waals surface area contributed by atoms with Crippen molar-refractivity contribution in [2.75, 3.05) is 18.4 Å². The molecule has 0 aliphatic rings. The number of anilines is 1. The van der Waals surface area contributed by atoms with Crippen molar-refractivity contribution in [2.45, 2.75) is 34.1 Å². The first kappa shape index (κ1) is 13.9. The lowest BCUT2D eigenvalue weighted by molar-refractivity contribution is 0.0948. The van der Waals surface area contributed by atoms with Gasteiger partial charge in [-0.3, -0.25) is 4.79 Å². The molecular weight excluding hydrogens is 236 g/mol. The molecule has 1 aromatic heterocycles. The molecule has 0 aliphatic carbocycles. The van der Waals surface area contributed by atoms with Gasteiger partial charge in [-0.05, 0) is 18.8 Å². The summed E-state index contributed by atoms with van der Waals surface area (Å²) in [5, 5.41) is 14.7. The van der Waals surface area contributed by atoms with Gasteiger partial charge in [-0.1, -0.05) is 32.1 Å². The highest BCUT2D eigenvalue weighted by molar-refractivity contribution is 7.17. The SMILES string of the molecule is CCNc1nnc(C(=O)NCCC(C)(C)C)s1. The van der Waals surface area contributed by atoms with E-state index >= 15 is 0 Å². The lowest BCUT2D eigenvalue weighted by atomic mass is 9.92. The van der Waals surface area contributed by atoms with Gasteiger partial charge in [0.1, 0.15) is 0 Å². The Labute approximate surface area is 106 Å². The largest absolute Gasteiger partial charge is 0.360 e. The van der Waals surface area contributed by atoms with Crippen molar-refractivity contribution in [3.05, 3.63) is 5.01 Å². The van der Waals surface area contributed by atoms with Gasteiger partial charge >= 0.3 is 0 Å². The second-order valence-corrected chi connectivity index (χ2v) is 5.99. The van der Waals surface area contributed by atoms with E-state index in [2.05, 4.69) is 41.6 Å². The fraction of sp³-hybridized carbons (Fsp3) is 0.727. The highest BCUT2D eigenvalue weighted by Gasteiger charge is 2.14. The van der Waals surface area contributed by atoms with E-state index in [-0.39, 0.29) is 11.3 Å². The number of aromatic nitrogens is 2. The maximum Gasteiger partial charge on any atom is 0.282 e. The maximum absolute atomic E-state index is 11.7. The molecule has 0 unspecified atom stereocenters. The molecule has 0 fully saturated rings. The second-order valence-electron chi connectivity index (χ2n) is 5.01. The highest BCUT2D eigenvalue weighted by Crippen LogP contribution is 2.18. The standard InChI is InChI=1S/C11H20N4OS/c1-5-12-10-15-14-9(17-10)8(16)13-7-6-11(2,3)4/h5-7H2,1-4H3,(H,12,15)(H,13,16). The second kappa shape index (κ2) is 5.95. The van der Waals surface area contributed by atoms with Crippen molar-refractivity contribution in [1.29, 1.82) is 0 Å². The summed E-state index contributed by atoms with van der Waals surface area (Å²) in [6, 6.07) is 0. The normalized spacial score (nSPS) is 11.3. The summed E-state index contributed by atoms with van der Waals surface area (Å²) in [6.07, 6.45) is 0.942. The van der Waals surface area contributed by atoms with E-state index in [0.29, 0.717) is 16.7 Å². The summed E-state index contributed by atoms with van der Waals surface area (Å²) >= 11 is 1.28. The predicted molar refractivity (Wildman–Crippen MR) is 70.5 cm³/mol. The van der Waals surface area contributed by atoms with E-state index in [1.165, 1.54) is 11.3 Å². The number of amides is 1. The quantitative estimate of drug-likeness (QED) is 0.847. The van der Waals surface area contributed by atoms with Crippen molar-refractivity contribution in [3.8, 4) is 0 Å². The highest BCUT2D eigenvalue weighted by atomic mass is 32.1. The summed E-state index contributed by atoms with van der Waals surface area (Å²) in [5.74, 6) is -0.143. The molecule has 1 aromatic rings. The Morgan fingerprint density at radius 1 is 1.35 bits per heavy atom. The topological polar surface area (TPSA) is 66.9 Å². The number of nitrogens with zero attached hydrogens (tertiary/aromatic N) is 2. The fourth-order valence-corrected chi connectivity index (χ4v) is 1.89. The van der Waals surface area contributed by atoms with Crippen LogP contribution in [-0.4, -0.2) is 29.2 Å². The Balaban J connectivity index is 2.41. The number of nitrogens with one attached hydrogen (secondary N) is 2. The van der Waals surface area contributed by atoms with Crippen LogP contribution in [0.4, 0.5) is 5.13 Å². The molecule has 5 nitrogen and oxygen atoms in total. The van der Waals surface area contributed by atoms with Gasteiger partial charge in [-0.2, -0.15) is 0 Å². The fourth-order valence-electron chi connectivity index (χ4n) is 1.16. The lowest BCUT2D eigenvalue weighted by Gasteiger charge is -2.17. The molecule has 1 heterocycles. The molecule has 1 amide bonds. The zero-order valence-corrected chi connectivity index (χ0v) is 11.6. The Kier molecular flexibility index (Phi) is 4.86. The Morgan fingerprint density at radius 2 is 2.06 bits per heavy atom. The minimum absolute atomic E-state index is 0.143. The molecule has 96 valence electrons. The Bertz CT molecular complexity index is 370. The predicted octanol–water partition coefficient (Wildman–Crippen LogP) is 2.14. The molecule has 0 spiro atoms. The molecule has 2 N–H and O–H groups in total. The molecule has 0 atom stereocenters. The van der Waals surface area contributed by atoms with E-state index in [4.69, 9.17) is 0 Å². The van der Waals surface area contributed by atoms with Crippen molar-refractivity contribution in [1.82, 2.24) is 15.5 Å². The number of rotatable bonds is 5. The molecule has 0 aromatic carbocycles. The minimum atomic E-state index is -0.143. The minimum Gasteiger partial charge on any atom is -0.360 e. The molecule has 1 rings (SSSR count). The number of carbonyl (C=O) groups is 1. The molecule has 0 aliphatic heterocycles. The molecule has 0 saturated carbocycles. The summed E-state index contributed by atoms with van der Waals surface area (Å²) in [7, 11) is 0. The van der Waals surface area contributed by atoms with Crippen LogP contribution in [-0.2, 0) is 0 Å². The van der Waals surface area contributed by atoms with Crippen LogP contribution in [0.1, 0.15) is 43.9 Å². The van der Waals surface area contributed by atoms with Crippen LogP contribution in [0, 0.1) is 5.41 Å². The van der Waals surface area contributed by atoms with Crippen molar-refractivity contribution < 1.29 is 4.79 Å². The summed E-state index contributed by atoms with van der Waals surface area (Å²) in [4.78, 5) is 11.7. The van der Waals surface area contributed by atoms with Crippen LogP contribution in [0.3, 0.4) is 0 Å². The van der Waals surface area contributed by atoms with E-state index in [0.717, 1.165) is 13.0 Å². The van der Waals surface area contributed by atoms with Gasteiger partial charge in [0.25, 0.3) is 5.91 Å². The zero-order valence-electron chi connectivity index (χ0n) is 10.8. The van der Waals surface area contributed by atoms with Gasteiger partial charge in [-0.15, -0.1) is 10.2 Å². The van der Waals surface area contributed by atoms with E-state index < -0.39 is 0 Å². The number of hydrogen-bond donors (Lipinski definition) is 2. The van der Waals surface area contributed by atoms with Crippen LogP contribution in [0.25, 0.3) is 0 Å². The Morgan fingerprint density at radius 3 is 2.65 bits per heavy atom. The molecule has 0 bridgehead atoms. The van der Waals surface area contributed by atoms with Crippen LogP contribution in [0.15, 0.2) is 0 Å². The maximum atomic E-state index is 11.7. The lowest BCUT2D eigenvalue weighted by Crippen LogP contribution is -2.27. The first-order valence-corrected chi connectivity index (χ1v) is 6.59. The first-order chi connectivity index (χ1) is 7.92. The zero-order chi connectivity index (χ0) is 12.9. The molecule has 6 heteroatoms. The third kappa shape index (κ3) is 5.12. The number of carbonyl (C=O) groups excluding carboxylic acids is 1. The summed E-state index contributed by atoms with van der Waals surface area (Å²) in [6.45, 7) is 9.86. The van der Waals surface area contributed by atoms with E-state index in [1.807, 2.05) is 6.92 Å². The third-order valence-electron chi connectivity index (χ3n) is 2.11. The van der Waals surface area contributed by atoms with Gasteiger partial charge in [0.05, 0.1) is 0 Å². The van der Waals surface area contributed by atoms with Gasteiger partial charge in [-0.25, -0.2) is 0 Å².